The van der Waals surface area contributed by atoms with Crippen LogP contribution >= 0.6 is 0 Å². The second-order valence-electron chi connectivity index (χ2n) is 4.69. The van der Waals surface area contributed by atoms with Crippen molar-refractivity contribution in [2.45, 2.75) is 6.54 Å². The Kier molecular flexibility index (Phi) is 3.23. The highest BCUT2D eigenvalue weighted by Gasteiger charge is 2.06. The van der Waals surface area contributed by atoms with Crippen molar-refractivity contribution >= 4 is 16.9 Å². The van der Waals surface area contributed by atoms with Gasteiger partial charge in [-0.2, -0.15) is 5.10 Å². The van der Waals surface area contributed by atoms with Crippen LogP contribution in [0.4, 0.5) is 0 Å². The molecule has 5 nitrogen and oxygen atoms in total. The van der Waals surface area contributed by atoms with Gasteiger partial charge in [-0.25, -0.2) is 4.79 Å². The first-order valence-corrected chi connectivity index (χ1v) is 6.42. The fourth-order valence-corrected chi connectivity index (χ4v) is 2.26. The van der Waals surface area contributed by atoms with Gasteiger partial charge in [0, 0.05) is 5.39 Å². The Morgan fingerprint density at radius 2 is 1.95 bits per heavy atom. The molecule has 1 N–H and O–H groups in total. The number of rotatable bonds is 3. The smallest absolute Gasteiger partial charge is 0.335 e. The molecule has 1 heterocycles. The highest BCUT2D eigenvalue weighted by Crippen LogP contribution is 2.12. The van der Waals surface area contributed by atoms with Gasteiger partial charge >= 0.3 is 5.97 Å². The van der Waals surface area contributed by atoms with Gasteiger partial charge < -0.3 is 5.11 Å². The van der Waals surface area contributed by atoms with Crippen LogP contribution in [0.1, 0.15) is 15.9 Å². The molecule has 0 saturated heterocycles. The molecule has 0 spiro atoms. The minimum absolute atomic E-state index is 0.124. The van der Waals surface area contributed by atoms with E-state index in [9.17, 15) is 9.59 Å². The summed E-state index contributed by atoms with van der Waals surface area (Å²) in [5.41, 5.74) is 1.65. The quantitative estimate of drug-likeness (QED) is 0.797. The van der Waals surface area contributed by atoms with Gasteiger partial charge in [0.15, 0.2) is 0 Å². The van der Waals surface area contributed by atoms with Crippen LogP contribution < -0.4 is 5.43 Å². The molecule has 5 heteroatoms. The predicted octanol–water partition coefficient (Wildman–Crippen LogP) is 2.14. The molecule has 0 amide bonds. The first kappa shape index (κ1) is 13.1. The average Bonchev–Trinajstić information content (AvgIpc) is 2.51. The van der Waals surface area contributed by atoms with Crippen molar-refractivity contribution in [2.24, 2.45) is 0 Å². The van der Waals surface area contributed by atoms with Crippen molar-refractivity contribution in [1.29, 1.82) is 0 Å². The Hall–Kier alpha value is -2.95. The van der Waals surface area contributed by atoms with Crippen molar-refractivity contribution < 1.29 is 9.90 Å². The molecule has 21 heavy (non-hydrogen) atoms. The summed E-state index contributed by atoms with van der Waals surface area (Å²) in [5.74, 6) is -0.963. The molecule has 0 aliphatic carbocycles. The third-order valence-corrected chi connectivity index (χ3v) is 3.27. The van der Waals surface area contributed by atoms with Crippen LogP contribution in [0.25, 0.3) is 10.9 Å². The van der Waals surface area contributed by atoms with Gasteiger partial charge in [0.25, 0.3) is 0 Å². The lowest BCUT2D eigenvalue weighted by Gasteiger charge is -2.09. The Morgan fingerprint density at radius 1 is 1.14 bits per heavy atom. The lowest BCUT2D eigenvalue weighted by Crippen LogP contribution is -2.13. The largest absolute Gasteiger partial charge is 0.478 e. The summed E-state index contributed by atoms with van der Waals surface area (Å²) in [6.45, 7) is 0.405. The van der Waals surface area contributed by atoms with E-state index in [0.29, 0.717) is 11.9 Å². The standard InChI is InChI=1S/C16H12N2O3/c19-15-9-17-18(14-7-2-1-6-13(14)15)10-11-4-3-5-12(8-11)16(20)21/h1-9H,10H2,(H,20,21). The molecule has 104 valence electrons. The maximum Gasteiger partial charge on any atom is 0.335 e. The van der Waals surface area contributed by atoms with Gasteiger partial charge in [-0.15, -0.1) is 0 Å². The van der Waals surface area contributed by atoms with Crippen LogP contribution in [0.15, 0.2) is 59.5 Å². The van der Waals surface area contributed by atoms with Crippen molar-refractivity contribution in [1.82, 2.24) is 9.78 Å². The van der Waals surface area contributed by atoms with E-state index in [2.05, 4.69) is 5.10 Å². The summed E-state index contributed by atoms with van der Waals surface area (Å²) < 4.78 is 1.69. The van der Waals surface area contributed by atoms with Gasteiger partial charge in [0.2, 0.25) is 5.43 Å². The van der Waals surface area contributed by atoms with Crippen molar-refractivity contribution in [2.75, 3.05) is 0 Å². The van der Waals surface area contributed by atoms with Crippen LogP contribution in [0.5, 0.6) is 0 Å². The minimum atomic E-state index is -0.963. The first-order chi connectivity index (χ1) is 10.1. The van der Waals surface area contributed by atoms with Gasteiger partial charge in [-0.1, -0.05) is 24.3 Å². The average molecular weight is 280 g/mol. The summed E-state index contributed by atoms with van der Waals surface area (Å²) in [4.78, 5) is 22.8. The fraction of sp³-hybridized carbons (Fsp3) is 0.0625. The number of aromatic carboxylic acids is 1. The number of para-hydroxylation sites is 1. The predicted molar refractivity (Wildman–Crippen MR) is 78.5 cm³/mol. The number of benzene rings is 2. The molecule has 0 bridgehead atoms. The number of nitrogens with zero attached hydrogens (tertiary/aromatic N) is 2. The summed E-state index contributed by atoms with van der Waals surface area (Å²) in [6.07, 6.45) is 1.28. The van der Waals surface area contributed by atoms with Crippen molar-refractivity contribution in [3.8, 4) is 0 Å². The van der Waals surface area contributed by atoms with Gasteiger partial charge in [0.05, 0.1) is 23.8 Å². The molecule has 2 aromatic carbocycles. The van der Waals surface area contributed by atoms with E-state index >= 15 is 0 Å². The second kappa shape index (κ2) is 5.20. The number of carboxylic acid groups (broad SMARTS) is 1. The van der Waals surface area contributed by atoms with Crippen LogP contribution in [0.2, 0.25) is 0 Å². The highest BCUT2D eigenvalue weighted by molar-refractivity contribution is 5.87. The van der Waals surface area contributed by atoms with Gasteiger partial charge in [-0.05, 0) is 29.8 Å². The third kappa shape index (κ3) is 2.53. The molecular weight excluding hydrogens is 268 g/mol. The molecule has 0 aliphatic heterocycles. The van der Waals surface area contributed by atoms with Crippen molar-refractivity contribution in [3.05, 3.63) is 76.1 Å². The number of hydrogen-bond donors (Lipinski definition) is 1. The Bertz CT molecular complexity index is 884. The fourth-order valence-electron chi connectivity index (χ4n) is 2.26. The molecule has 0 aliphatic rings. The Balaban J connectivity index is 2.06. The summed E-state index contributed by atoms with van der Waals surface area (Å²) in [7, 11) is 0. The molecule has 0 fully saturated rings. The SMILES string of the molecule is O=C(O)c1cccc(Cn2ncc(=O)c3ccccc32)c1. The van der Waals surface area contributed by atoms with E-state index in [0.717, 1.165) is 11.1 Å². The topological polar surface area (TPSA) is 72.2 Å². The number of carbonyl (C=O) groups is 1. The highest BCUT2D eigenvalue weighted by atomic mass is 16.4. The van der Waals surface area contributed by atoms with Crippen LogP contribution in [-0.4, -0.2) is 20.9 Å². The number of hydrogen-bond acceptors (Lipinski definition) is 3. The Labute approximate surface area is 120 Å². The van der Waals surface area contributed by atoms with E-state index in [1.54, 1.807) is 35.0 Å². The van der Waals surface area contributed by atoms with Crippen LogP contribution in [0, 0.1) is 0 Å². The summed E-state index contributed by atoms with van der Waals surface area (Å²) >= 11 is 0. The maximum atomic E-state index is 11.8. The lowest BCUT2D eigenvalue weighted by atomic mass is 10.1. The molecule has 0 atom stereocenters. The normalized spacial score (nSPS) is 10.7. The monoisotopic (exact) mass is 280 g/mol. The molecule has 1 aromatic heterocycles. The van der Waals surface area contributed by atoms with E-state index < -0.39 is 5.97 Å². The zero-order valence-corrected chi connectivity index (χ0v) is 11.1. The molecule has 0 saturated carbocycles. The molecule has 3 aromatic rings. The zero-order chi connectivity index (χ0) is 14.8. The van der Waals surface area contributed by atoms with Crippen molar-refractivity contribution in [3.63, 3.8) is 0 Å². The molecule has 0 unspecified atom stereocenters. The summed E-state index contributed by atoms with van der Waals surface area (Å²) in [5, 5.41) is 13.8. The van der Waals surface area contributed by atoms with Crippen LogP contribution in [0.3, 0.4) is 0 Å². The van der Waals surface area contributed by atoms with Crippen LogP contribution in [-0.2, 0) is 6.54 Å². The lowest BCUT2D eigenvalue weighted by molar-refractivity contribution is 0.0696. The third-order valence-electron chi connectivity index (χ3n) is 3.27. The zero-order valence-electron chi connectivity index (χ0n) is 11.1. The maximum absolute atomic E-state index is 11.8. The molecule has 0 radical (unpaired) electrons. The molecular formula is C16H12N2O3. The number of aromatic nitrogens is 2. The minimum Gasteiger partial charge on any atom is -0.478 e. The van der Waals surface area contributed by atoms with Gasteiger partial charge in [-0.3, -0.25) is 9.48 Å². The van der Waals surface area contributed by atoms with E-state index in [-0.39, 0.29) is 11.0 Å². The van der Waals surface area contributed by atoms with Gasteiger partial charge in [0.1, 0.15) is 0 Å². The number of fused-ring (bicyclic) bond motifs is 1. The van der Waals surface area contributed by atoms with E-state index in [1.165, 1.54) is 6.20 Å². The molecule has 3 rings (SSSR count). The first-order valence-electron chi connectivity index (χ1n) is 6.42. The second-order valence-corrected chi connectivity index (χ2v) is 4.69. The summed E-state index contributed by atoms with van der Waals surface area (Å²) in [6, 6.07) is 13.9. The van der Waals surface area contributed by atoms with E-state index in [1.807, 2.05) is 18.2 Å². The van der Waals surface area contributed by atoms with E-state index in [4.69, 9.17) is 5.11 Å². The number of carboxylic acids is 1. The Morgan fingerprint density at radius 3 is 2.76 bits per heavy atom.